The minimum atomic E-state index is -0.368. The van der Waals surface area contributed by atoms with E-state index in [-0.39, 0.29) is 16.9 Å². The molecule has 1 aliphatic heterocycles. The molecule has 1 aromatic carbocycles. The van der Waals surface area contributed by atoms with Gasteiger partial charge in [-0.2, -0.15) is 23.5 Å². The van der Waals surface area contributed by atoms with Crippen molar-refractivity contribution in [2.24, 2.45) is 5.84 Å². The van der Waals surface area contributed by atoms with E-state index in [1.165, 1.54) is 6.07 Å². The van der Waals surface area contributed by atoms with Crippen LogP contribution in [0.5, 0.6) is 0 Å². The van der Waals surface area contributed by atoms with Crippen molar-refractivity contribution in [3.63, 3.8) is 0 Å². The van der Waals surface area contributed by atoms with Gasteiger partial charge in [0.05, 0.1) is 5.02 Å². The Morgan fingerprint density at radius 2 is 2.20 bits per heavy atom. The highest BCUT2D eigenvalue weighted by molar-refractivity contribution is 8.07. The van der Waals surface area contributed by atoms with E-state index in [0.717, 1.165) is 11.3 Å². The fourth-order valence-corrected chi connectivity index (χ4v) is 5.47. The summed E-state index contributed by atoms with van der Waals surface area (Å²) in [5, 5.41) is 1.88. The van der Waals surface area contributed by atoms with E-state index in [4.69, 9.17) is 17.4 Å². The van der Waals surface area contributed by atoms with Crippen LogP contribution >= 0.6 is 35.1 Å². The smallest absolute Gasteiger partial charge is 0.142 e. The maximum absolute atomic E-state index is 13.5. The molecule has 0 amide bonds. The highest BCUT2D eigenvalue weighted by Crippen LogP contribution is 2.37. The highest BCUT2D eigenvalue weighted by Gasteiger charge is 2.30. The van der Waals surface area contributed by atoms with E-state index >= 15 is 0 Å². The zero-order valence-electron chi connectivity index (χ0n) is 11.6. The summed E-state index contributed by atoms with van der Waals surface area (Å²) in [4.78, 5) is 0. The molecular weight excluding hydrogens is 315 g/mol. The number of hydrogen-bond donors (Lipinski definition) is 2. The van der Waals surface area contributed by atoms with Gasteiger partial charge in [0.25, 0.3) is 0 Å². The van der Waals surface area contributed by atoms with Crippen LogP contribution < -0.4 is 11.3 Å². The van der Waals surface area contributed by atoms with Crippen LogP contribution in [0, 0.1) is 5.82 Å². The van der Waals surface area contributed by atoms with E-state index in [1.807, 2.05) is 29.6 Å². The van der Waals surface area contributed by atoms with Gasteiger partial charge in [0, 0.05) is 27.5 Å². The van der Waals surface area contributed by atoms with Crippen molar-refractivity contribution in [1.82, 2.24) is 5.43 Å². The number of hydrogen-bond acceptors (Lipinski definition) is 4. The summed E-state index contributed by atoms with van der Waals surface area (Å²) >= 11 is 9.67. The van der Waals surface area contributed by atoms with Gasteiger partial charge in [-0.25, -0.2) is 4.39 Å². The van der Waals surface area contributed by atoms with Gasteiger partial charge in [-0.3, -0.25) is 11.3 Å². The molecule has 6 heteroatoms. The van der Waals surface area contributed by atoms with E-state index in [0.29, 0.717) is 22.2 Å². The normalized spacial score (nSPS) is 28.4. The quantitative estimate of drug-likeness (QED) is 0.653. The van der Waals surface area contributed by atoms with Crippen LogP contribution in [-0.2, 0) is 6.42 Å². The van der Waals surface area contributed by atoms with Gasteiger partial charge in [0.2, 0.25) is 0 Å². The van der Waals surface area contributed by atoms with Crippen LogP contribution in [0.15, 0.2) is 18.2 Å². The number of benzene rings is 1. The maximum atomic E-state index is 13.5. The molecule has 0 aromatic heterocycles. The Morgan fingerprint density at radius 3 is 2.80 bits per heavy atom. The van der Waals surface area contributed by atoms with Crippen LogP contribution in [0.1, 0.15) is 19.4 Å². The van der Waals surface area contributed by atoms with Gasteiger partial charge in [0.15, 0.2) is 0 Å². The van der Waals surface area contributed by atoms with E-state index < -0.39 is 0 Å². The van der Waals surface area contributed by atoms with Crippen LogP contribution in [0.2, 0.25) is 5.02 Å². The Bertz CT molecular complexity index is 461. The average Bonchev–Trinajstić information content (AvgIpc) is 2.43. The van der Waals surface area contributed by atoms with Crippen molar-refractivity contribution in [3.8, 4) is 0 Å². The second-order valence-electron chi connectivity index (χ2n) is 5.14. The largest absolute Gasteiger partial charge is 0.271 e. The maximum Gasteiger partial charge on any atom is 0.142 e. The molecule has 1 saturated heterocycles. The molecule has 0 aliphatic carbocycles. The summed E-state index contributed by atoms with van der Waals surface area (Å²) in [5.41, 5.74) is 3.82. The topological polar surface area (TPSA) is 38.0 Å². The summed E-state index contributed by atoms with van der Waals surface area (Å²) in [6.07, 6.45) is 0.712. The summed E-state index contributed by atoms with van der Waals surface area (Å²) in [6, 6.07) is 5.11. The van der Waals surface area contributed by atoms with Gasteiger partial charge < -0.3 is 0 Å². The van der Waals surface area contributed by atoms with Gasteiger partial charge in [-0.15, -0.1) is 0 Å². The van der Waals surface area contributed by atoms with Crippen molar-refractivity contribution < 1.29 is 4.39 Å². The van der Waals surface area contributed by atoms with Crippen molar-refractivity contribution in [2.45, 2.75) is 42.1 Å². The van der Waals surface area contributed by atoms with Crippen molar-refractivity contribution in [2.75, 3.05) is 5.75 Å². The van der Waals surface area contributed by atoms with Crippen molar-refractivity contribution >= 4 is 35.1 Å². The number of hydrazine groups is 1. The van der Waals surface area contributed by atoms with E-state index in [2.05, 4.69) is 19.3 Å². The second-order valence-corrected chi connectivity index (χ2v) is 8.58. The van der Waals surface area contributed by atoms with Gasteiger partial charge >= 0.3 is 0 Å². The Balaban J connectivity index is 2.03. The SMILES string of the molecule is CC1SCC(C(Cc2ccc(Cl)c(F)c2)NN)SC1C. The highest BCUT2D eigenvalue weighted by atomic mass is 35.5. The first kappa shape index (κ1) is 16.4. The molecule has 0 saturated carbocycles. The summed E-state index contributed by atoms with van der Waals surface area (Å²) in [6.45, 7) is 4.52. The zero-order valence-corrected chi connectivity index (χ0v) is 14.0. The number of rotatable bonds is 4. The molecule has 3 N–H and O–H groups in total. The standard InChI is InChI=1S/C14H20ClFN2S2/c1-8-9(2)20-14(7-19-8)13(18-17)6-10-3-4-11(15)12(16)5-10/h3-5,8-9,13-14,18H,6-7,17H2,1-2H3. The monoisotopic (exact) mass is 334 g/mol. The predicted molar refractivity (Wildman–Crippen MR) is 89.0 cm³/mol. The first-order chi connectivity index (χ1) is 9.51. The van der Waals surface area contributed by atoms with E-state index in [1.54, 1.807) is 6.07 Å². The lowest BCUT2D eigenvalue weighted by Gasteiger charge is -2.35. The Kier molecular flexibility index (Phi) is 6.05. The Morgan fingerprint density at radius 1 is 1.45 bits per heavy atom. The van der Waals surface area contributed by atoms with Crippen LogP contribution in [0.25, 0.3) is 0 Å². The van der Waals surface area contributed by atoms with Crippen LogP contribution in [0.3, 0.4) is 0 Å². The molecule has 2 rings (SSSR count). The first-order valence-electron chi connectivity index (χ1n) is 6.68. The molecule has 112 valence electrons. The lowest BCUT2D eigenvalue weighted by molar-refractivity contribution is 0.519. The first-order valence-corrected chi connectivity index (χ1v) is 9.05. The Hall–Kier alpha value is 0.0600. The third-order valence-corrected chi connectivity index (χ3v) is 7.53. The van der Waals surface area contributed by atoms with Gasteiger partial charge in [0.1, 0.15) is 5.82 Å². The summed E-state index contributed by atoms with van der Waals surface area (Å²) in [5.74, 6) is 6.41. The molecule has 20 heavy (non-hydrogen) atoms. The van der Waals surface area contributed by atoms with Crippen LogP contribution in [0.4, 0.5) is 4.39 Å². The van der Waals surface area contributed by atoms with Crippen molar-refractivity contribution in [3.05, 3.63) is 34.6 Å². The molecule has 0 spiro atoms. The zero-order chi connectivity index (χ0) is 14.7. The fourth-order valence-electron chi connectivity index (χ4n) is 2.24. The number of nitrogens with two attached hydrogens (primary N) is 1. The van der Waals surface area contributed by atoms with Crippen molar-refractivity contribution in [1.29, 1.82) is 0 Å². The molecule has 0 radical (unpaired) electrons. The fraction of sp³-hybridized carbons (Fsp3) is 0.571. The summed E-state index contributed by atoms with van der Waals surface area (Å²) < 4.78 is 13.5. The van der Waals surface area contributed by atoms with E-state index in [9.17, 15) is 4.39 Å². The molecule has 1 aromatic rings. The molecule has 4 unspecified atom stereocenters. The molecule has 4 atom stereocenters. The molecule has 2 nitrogen and oxygen atoms in total. The summed E-state index contributed by atoms with van der Waals surface area (Å²) in [7, 11) is 0. The molecule has 1 fully saturated rings. The molecule has 1 heterocycles. The third kappa shape index (κ3) is 4.04. The Labute approximate surface area is 133 Å². The average molecular weight is 335 g/mol. The minimum Gasteiger partial charge on any atom is -0.271 e. The van der Waals surface area contributed by atoms with Crippen LogP contribution in [-0.4, -0.2) is 27.5 Å². The van der Waals surface area contributed by atoms with Gasteiger partial charge in [-0.05, 0) is 24.1 Å². The number of nitrogens with one attached hydrogen (secondary N) is 1. The molecule has 0 bridgehead atoms. The lowest BCUT2D eigenvalue weighted by atomic mass is 10.0. The third-order valence-electron chi connectivity index (χ3n) is 3.68. The molecular formula is C14H20ClFN2S2. The van der Waals surface area contributed by atoms with Gasteiger partial charge in [-0.1, -0.05) is 31.5 Å². The minimum absolute atomic E-state index is 0.142. The number of thioether (sulfide) groups is 2. The number of halogens is 2. The lowest BCUT2D eigenvalue weighted by Crippen LogP contribution is -2.47. The predicted octanol–water partition coefficient (Wildman–Crippen LogP) is 3.48. The second kappa shape index (κ2) is 7.36. The molecule has 1 aliphatic rings.